The molecule has 1 fully saturated rings. The van der Waals surface area contributed by atoms with E-state index in [4.69, 9.17) is 10.5 Å². The van der Waals surface area contributed by atoms with Crippen LogP contribution in [0, 0.1) is 3.83 Å². The molecule has 4 atom stereocenters. The van der Waals surface area contributed by atoms with Crippen LogP contribution in [-0.4, -0.2) is 68.9 Å². The lowest BCUT2D eigenvalue weighted by Gasteiger charge is -2.19. The third-order valence-electron chi connectivity index (χ3n) is 4.18. The number of nitrogen functional groups attached to an aromatic ring is 1. The van der Waals surface area contributed by atoms with Crippen LogP contribution in [0.4, 0.5) is 5.69 Å². The minimum absolute atomic E-state index is 0.430. The number of hydrogen-bond acceptors (Lipinski definition) is 6. The van der Waals surface area contributed by atoms with Gasteiger partial charge in [0.1, 0.15) is 17.7 Å². The summed E-state index contributed by atoms with van der Waals surface area (Å²) in [5.74, 6) is 0. The summed E-state index contributed by atoms with van der Waals surface area (Å²) >= 11 is 2.06. The second-order valence-corrected chi connectivity index (χ2v) is 12.1. The predicted molar refractivity (Wildman–Crippen MR) is 106 cm³/mol. The maximum atomic E-state index is 10.5. The molecule has 1 aliphatic rings. The largest absolute Gasteiger partial charge is 0.397 e. The molecule has 0 amide bonds. The normalized spacial score (nSPS) is 27.9. The number of nitrogens with two attached hydrogens (primary N) is 1. The Hall–Kier alpha value is -0.670. The van der Waals surface area contributed by atoms with E-state index in [-0.39, 0.29) is 0 Å². The Balaban J connectivity index is 1.92. The van der Waals surface area contributed by atoms with Crippen LogP contribution in [0.5, 0.6) is 0 Å². The smallest absolute Gasteiger partial charge is 0.175 e. The van der Waals surface area contributed by atoms with Crippen molar-refractivity contribution in [1.82, 2.24) is 14.5 Å². The number of nitrogens with zero attached hydrogens (tertiary/aromatic N) is 3. The number of rotatable bonds is 4. The highest BCUT2D eigenvalue weighted by Crippen LogP contribution is 2.40. The summed E-state index contributed by atoms with van der Waals surface area (Å²) in [6.07, 6.45) is 4.17. The number of aromatic nitrogens is 3. The van der Waals surface area contributed by atoms with Gasteiger partial charge in [-0.1, -0.05) is 0 Å². The number of anilines is 1. The molecule has 0 aromatic carbocycles. The van der Waals surface area contributed by atoms with Gasteiger partial charge in [0.2, 0.25) is 0 Å². The van der Waals surface area contributed by atoms with Crippen LogP contribution in [0.15, 0.2) is 12.3 Å². The summed E-state index contributed by atoms with van der Waals surface area (Å²) < 4.78 is 8.29. The van der Waals surface area contributed by atoms with Crippen LogP contribution in [0.3, 0.4) is 0 Å². The Morgan fingerprint density at radius 2 is 2.12 bits per heavy atom. The Bertz CT molecular complexity index is 805. The summed E-state index contributed by atoms with van der Waals surface area (Å²) in [5.41, 5.74) is 7.58. The minimum atomic E-state index is -1.22. The number of hydrogen-bond donors (Lipinski definition) is 3. The van der Waals surface area contributed by atoms with E-state index < -0.39 is 31.4 Å². The van der Waals surface area contributed by atoms with Crippen molar-refractivity contribution >= 4 is 52.6 Å². The first-order valence-electron chi connectivity index (χ1n) is 7.66. The first-order chi connectivity index (χ1) is 11.2. The summed E-state index contributed by atoms with van der Waals surface area (Å²) in [6.45, 7) is 3.06. The summed E-state index contributed by atoms with van der Waals surface area (Å²) in [4.78, 5) is 8.73. The lowest BCUT2D eigenvalue weighted by atomic mass is 10.1. The maximum Gasteiger partial charge on any atom is 0.175 e. The second kappa shape index (κ2) is 6.57. The van der Waals surface area contributed by atoms with Gasteiger partial charge in [-0.2, -0.15) is 0 Å². The zero-order valence-corrected chi connectivity index (χ0v) is 16.7. The lowest BCUT2D eigenvalue weighted by Crippen LogP contribution is -2.32. The van der Waals surface area contributed by atoms with Gasteiger partial charge in [0.05, 0.1) is 11.8 Å². The van der Waals surface area contributed by atoms with Crippen LogP contribution in [0.25, 0.3) is 11.2 Å². The second-order valence-electron chi connectivity index (χ2n) is 6.82. The fourth-order valence-electron chi connectivity index (χ4n) is 2.87. The molecule has 1 unspecified atom stereocenters. The molecule has 1 saturated heterocycles. The molecule has 0 spiro atoms. The Morgan fingerprint density at radius 3 is 2.79 bits per heavy atom. The number of ether oxygens (including phenoxy) is 1. The van der Waals surface area contributed by atoms with Crippen molar-refractivity contribution in [1.29, 1.82) is 0 Å². The van der Waals surface area contributed by atoms with Gasteiger partial charge in [-0.05, 0) is 32.0 Å². The van der Waals surface area contributed by atoms with Crippen molar-refractivity contribution in [2.45, 2.75) is 31.0 Å². The number of halogens is 1. The summed E-state index contributed by atoms with van der Waals surface area (Å²) in [5, 5.41) is 20.9. The van der Waals surface area contributed by atoms with E-state index >= 15 is 0 Å². The molecule has 0 saturated carbocycles. The van der Waals surface area contributed by atoms with Gasteiger partial charge in [-0.3, -0.25) is 4.57 Å². The van der Waals surface area contributed by atoms with Gasteiger partial charge in [0.15, 0.2) is 15.7 Å². The van der Waals surface area contributed by atoms with Crippen molar-refractivity contribution in [3.63, 3.8) is 0 Å². The Kier molecular flexibility index (Phi) is 4.96. The SMILES string of the molecule is C=P(C)(C)CC[C@H]1OC(n2c(I)nc3c(N)ccnc32)[C@H](O)[C@@H]1O. The number of pyridine rings is 1. The summed E-state index contributed by atoms with van der Waals surface area (Å²) in [7, 11) is 0. The third kappa shape index (κ3) is 3.35. The van der Waals surface area contributed by atoms with E-state index in [1.807, 2.05) is 0 Å². The van der Waals surface area contributed by atoms with Crippen LogP contribution < -0.4 is 5.73 Å². The van der Waals surface area contributed by atoms with Gasteiger partial charge in [-0.15, -0.1) is 13.2 Å². The topological polar surface area (TPSA) is 106 Å². The average molecular weight is 464 g/mol. The summed E-state index contributed by atoms with van der Waals surface area (Å²) in [6, 6.07) is 1.68. The minimum Gasteiger partial charge on any atom is -0.397 e. The molecule has 4 N–H and O–H groups in total. The quantitative estimate of drug-likeness (QED) is 0.466. The molecule has 0 radical (unpaired) electrons. The highest BCUT2D eigenvalue weighted by Gasteiger charge is 2.44. The van der Waals surface area contributed by atoms with E-state index in [9.17, 15) is 10.2 Å². The number of aliphatic hydroxyl groups is 2. The van der Waals surface area contributed by atoms with Crippen molar-refractivity contribution in [2.75, 3.05) is 25.2 Å². The van der Waals surface area contributed by atoms with E-state index in [1.165, 1.54) is 0 Å². The van der Waals surface area contributed by atoms with E-state index in [1.54, 1.807) is 16.8 Å². The Morgan fingerprint density at radius 1 is 1.42 bits per heavy atom. The highest BCUT2D eigenvalue weighted by molar-refractivity contribution is 14.1. The van der Waals surface area contributed by atoms with Crippen molar-refractivity contribution in [3.05, 3.63) is 16.1 Å². The van der Waals surface area contributed by atoms with Crippen molar-refractivity contribution in [3.8, 4) is 0 Å². The van der Waals surface area contributed by atoms with E-state index in [0.29, 0.717) is 27.1 Å². The molecule has 9 heteroatoms. The molecule has 0 aliphatic carbocycles. The predicted octanol–water partition coefficient (Wildman–Crippen LogP) is 1.34. The third-order valence-corrected chi connectivity index (χ3v) is 6.41. The fraction of sp³-hybridized carbons (Fsp3) is 0.533. The molecular formula is C15H22IN4O3P. The van der Waals surface area contributed by atoms with Crippen LogP contribution >= 0.6 is 29.5 Å². The number of aliphatic hydroxyl groups excluding tert-OH is 2. The van der Waals surface area contributed by atoms with Gasteiger partial charge in [0, 0.05) is 28.8 Å². The number of fused-ring (bicyclic) bond motifs is 1. The van der Waals surface area contributed by atoms with E-state index in [2.05, 4.69) is 52.2 Å². The zero-order chi connectivity index (χ0) is 17.6. The molecule has 2 aromatic rings. The van der Waals surface area contributed by atoms with Gasteiger partial charge in [0.25, 0.3) is 0 Å². The first kappa shape index (κ1) is 18.1. The van der Waals surface area contributed by atoms with Crippen molar-refractivity contribution in [2.24, 2.45) is 0 Å². The number of imidazole rings is 1. The molecular weight excluding hydrogens is 442 g/mol. The monoisotopic (exact) mass is 464 g/mol. The van der Waals surface area contributed by atoms with Gasteiger partial charge >= 0.3 is 0 Å². The van der Waals surface area contributed by atoms with Crippen LogP contribution in [0.2, 0.25) is 0 Å². The van der Waals surface area contributed by atoms with Crippen molar-refractivity contribution < 1.29 is 14.9 Å². The molecule has 0 bridgehead atoms. The maximum absolute atomic E-state index is 10.5. The van der Waals surface area contributed by atoms with Gasteiger partial charge < -0.3 is 20.7 Å². The average Bonchev–Trinajstić information content (AvgIpc) is 2.96. The standard InChI is InChI=1S/C15H22IN4O3P/c1-24(2,3)7-5-9-11(21)12(22)14(23-9)20-13-10(19-15(20)16)8(17)4-6-18-13/h4,6,9,11-12,14,21-22H,1,5,7H2,2-3H3,(H2,17,18)/t9-,11-,12-,14?/m1/s1. The Labute approximate surface area is 154 Å². The lowest BCUT2D eigenvalue weighted by molar-refractivity contribution is -0.0367. The molecule has 3 heterocycles. The molecule has 1 aliphatic heterocycles. The first-order valence-corrected chi connectivity index (χ1v) is 11.8. The zero-order valence-electron chi connectivity index (χ0n) is 13.6. The fourth-order valence-corrected chi connectivity index (χ4v) is 4.56. The highest BCUT2D eigenvalue weighted by atomic mass is 127. The van der Waals surface area contributed by atoms with Crippen LogP contribution in [0.1, 0.15) is 12.6 Å². The van der Waals surface area contributed by atoms with E-state index in [0.717, 1.165) is 6.16 Å². The molecule has 24 heavy (non-hydrogen) atoms. The molecule has 132 valence electrons. The van der Waals surface area contributed by atoms with Crippen LogP contribution in [-0.2, 0) is 4.74 Å². The molecule has 2 aromatic heterocycles. The molecule has 7 nitrogen and oxygen atoms in total. The molecule has 3 rings (SSSR count). The van der Waals surface area contributed by atoms with Gasteiger partial charge in [-0.25, -0.2) is 9.97 Å².